The molecule has 1 aromatic heterocycles. The Balaban J connectivity index is 1.54. The van der Waals surface area contributed by atoms with Crippen LogP contribution in [0.1, 0.15) is 5.56 Å². The fourth-order valence-corrected chi connectivity index (χ4v) is 2.44. The predicted octanol–water partition coefficient (Wildman–Crippen LogP) is 4.51. The summed E-state index contributed by atoms with van der Waals surface area (Å²) in [5, 5.41) is 7.07. The van der Waals surface area contributed by atoms with E-state index >= 15 is 0 Å². The molecule has 1 heterocycles. The Morgan fingerprint density at radius 2 is 1.78 bits per heavy atom. The molecule has 3 rings (SSSR count). The molecule has 3 aromatic rings. The average Bonchev–Trinajstić information content (AvgIpc) is 2.69. The second-order valence-electron chi connectivity index (χ2n) is 5.75. The Hall–Kier alpha value is -2.83. The number of hydrogen-bond acceptors (Lipinski definition) is 6. The van der Waals surface area contributed by atoms with Crippen molar-refractivity contribution in [2.45, 2.75) is 6.61 Å². The van der Waals surface area contributed by atoms with Gasteiger partial charge in [-0.2, -0.15) is 4.98 Å². The van der Waals surface area contributed by atoms with Gasteiger partial charge in [0.15, 0.2) is 0 Å². The number of benzene rings is 2. The molecule has 0 amide bonds. The maximum absolute atomic E-state index is 5.89. The van der Waals surface area contributed by atoms with Crippen LogP contribution >= 0.6 is 11.6 Å². The fraction of sp³-hybridized carbons (Fsp3) is 0.200. The van der Waals surface area contributed by atoms with Crippen LogP contribution in [0.25, 0.3) is 0 Å². The first-order valence-corrected chi connectivity index (χ1v) is 8.91. The van der Waals surface area contributed by atoms with Gasteiger partial charge >= 0.3 is 0 Å². The van der Waals surface area contributed by atoms with Crippen molar-refractivity contribution in [1.29, 1.82) is 0 Å². The summed E-state index contributed by atoms with van der Waals surface area (Å²) in [5.41, 5.74) is 1.94. The van der Waals surface area contributed by atoms with Gasteiger partial charge in [-0.15, -0.1) is 0 Å². The molecule has 0 unspecified atom stereocenters. The molecular weight excluding hydrogens is 364 g/mol. The van der Waals surface area contributed by atoms with Crippen LogP contribution in [0.2, 0.25) is 5.02 Å². The third-order valence-electron chi connectivity index (χ3n) is 3.70. The SMILES string of the molecule is COCCNc1ccnc(Nc2ccc(OCc3ccc(Cl)cc3)cc2)n1. The van der Waals surface area contributed by atoms with E-state index in [4.69, 9.17) is 21.1 Å². The van der Waals surface area contributed by atoms with Gasteiger partial charge in [0.1, 0.15) is 18.2 Å². The smallest absolute Gasteiger partial charge is 0.229 e. The van der Waals surface area contributed by atoms with Crippen LogP contribution < -0.4 is 15.4 Å². The molecule has 0 aliphatic rings. The molecule has 0 saturated heterocycles. The highest BCUT2D eigenvalue weighted by Gasteiger charge is 2.02. The van der Waals surface area contributed by atoms with Crippen LogP contribution in [0.15, 0.2) is 60.8 Å². The van der Waals surface area contributed by atoms with E-state index in [9.17, 15) is 0 Å². The second-order valence-corrected chi connectivity index (χ2v) is 6.19. The third-order valence-corrected chi connectivity index (χ3v) is 3.95. The van der Waals surface area contributed by atoms with Crippen LogP contribution in [0.5, 0.6) is 5.75 Å². The third kappa shape index (κ3) is 6.13. The van der Waals surface area contributed by atoms with Crippen molar-refractivity contribution >= 4 is 29.1 Å². The largest absolute Gasteiger partial charge is 0.489 e. The van der Waals surface area contributed by atoms with Gasteiger partial charge in [0, 0.05) is 30.6 Å². The van der Waals surface area contributed by atoms with Crippen LogP contribution in [-0.4, -0.2) is 30.2 Å². The zero-order chi connectivity index (χ0) is 18.9. The van der Waals surface area contributed by atoms with Gasteiger partial charge in [0.2, 0.25) is 5.95 Å². The van der Waals surface area contributed by atoms with Gasteiger partial charge in [0.25, 0.3) is 0 Å². The summed E-state index contributed by atoms with van der Waals surface area (Å²) >= 11 is 5.89. The molecule has 0 saturated carbocycles. The van der Waals surface area contributed by atoms with Gasteiger partial charge in [-0.1, -0.05) is 23.7 Å². The number of anilines is 3. The van der Waals surface area contributed by atoms with Gasteiger partial charge in [-0.25, -0.2) is 4.98 Å². The first-order valence-electron chi connectivity index (χ1n) is 8.53. The van der Waals surface area contributed by atoms with Crippen molar-refractivity contribution < 1.29 is 9.47 Å². The number of hydrogen-bond donors (Lipinski definition) is 2. The summed E-state index contributed by atoms with van der Waals surface area (Å²) in [6, 6.07) is 17.1. The number of nitrogens with zero attached hydrogens (tertiary/aromatic N) is 2. The summed E-state index contributed by atoms with van der Waals surface area (Å²) in [7, 11) is 1.66. The number of ether oxygens (including phenoxy) is 2. The summed E-state index contributed by atoms with van der Waals surface area (Å²) in [4.78, 5) is 8.65. The number of aromatic nitrogens is 2. The number of methoxy groups -OCH3 is 1. The van der Waals surface area contributed by atoms with E-state index in [1.54, 1.807) is 13.3 Å². The molecule has 0 aliphatic carbocycles. The highest BCUT2D eigenvalue weighted by atomic mass is 35.5. The summed E-state index contributed by atoms with van der Waals surface area (Å²) < 4.78 is 10.8. The highest BCUT2D eigenvalue weighted by molar-refractivity contribution is 6.30. The summed E-state index contributed by atoms with van der Waals surface area (Å²) in [5.74, 6) is 2.05. The van der Waals surface area contributed by atoms with E-state index in [1.807, 2.05) is 54.6 Å². The normalized spacial score (nSPS) is 10.4. The molecule has 27 heavy (non-hydrogen) atoms. The van der Waals surface area contributed by atoms with Gasteiger partial charge in [-0.05, 0) is 48.0 Å². The molecule has 0 bridgehead atoms. The minimum Gasteiger partial charge on any atom is -0.489 e. The van der Waals surface area contributed by atoms with E-state index in [-0.39, 0.29) is 0 Å². The highest BCUT2D eigenvalue weighted by Crippen LogP contribution is 2.20. The van der Waals surface area contributed by atoms with E-state index in [2.05, 4.69) is 20.6 Å². The number of rotatable bonds is 9. The Morgan fingerprint density at radius 1 is 1.00 bits per heavy atom. The molecule has 0 radical (unpaired) electrons. The molecule has 2 aromatic carbocycles. The van der Waals surface area contributed by atoms with Gasteiger partial charge < -0.3 is 20.1 Å². The van der Waals surface area contributed by atoms with Gasteiger partial charge in [-0.3, -0.25) is 0 Å². The van der Waals surface area contributed by atoms with Crippen molar-refractivity contribution in [3.8, 4) is 5.75 Å². The molecule has 6 nitrogen and oxygen atoms in total. The number of nitrogens with one attached hydrogen (secondary N) is 2. The van der Waals surface area contributed by atoms with E-state index in [1.165, 1.54) is 0 Å². The topological polar surface area (TPSA) is 68.3 Å². The number of halogens is 1. The minimum absolute atomic E-state index is 0.488. The summed E-state index contributed by atoms with van der Waals surface area (Å²) in [6.45, 7) is 1.79. The summed E-state index contributed by atoms with van der Waals surface area (Å²) in [6.07, 6.45) is 1.70. The molecule has 2 N–H and O–H groups in total. The van der Waals surface area contributed by atoms with E-state index < -0.39 is 0 Å². The maximum Gasteiger partial charge on any atom is 0.229 e. The van der Waals surface area contributed by atoms with Crippen LogP contribution in [0.3, 0.4) is 0 Å². The first-order chi connectivity index (χ1) is 13.2. The minimum atomic E-state index is 0.488. The van der Waals surface area contributed by atoms with Crippen molar-refractivity contribution in [3.63, 3.8) is 0 Å². The van der Waals surface area contributed by atoms with E-state index in [0.29, 0.717) is 25.7 Å². The Morgan fingerprint density at radius 3 is 2.52 bits per heavy atom. The zero-order valence-corrected chi connectivity index (χ0v) is 15.7. The maximum atomic E-state index is 5.89. The van der Waals surface area contributed by atoms with Gasteiger partial charge in [0.05, 0.1) is 6.61 Å². The molecule has 0 aliphatic heterocycles. The monoisotopic (exact) mass is 384 g/mol. The lowest BCUT2D eigenvalue weighted by Crippen LogP contribution is -2.09. The lowest BCUT2D eigenvalue weighted by Gasteiger charge is -2.10. The fourth-order valence-electron chi connectivity index (χ4n) is 2.31. The van der Waals surface area contributed by atoms with Crippen molar-refractivity contribution in [2.75, 3.05) is 30.9 Å². The standard InChI is InChI=1S/C20H21ClN4O2/c1-26-13-12-22-19-10-11-23-20(25-19)24-17-6-8-18(9-7-17)27-14-15-2-4-16(21)5-3-15/h2-11H,12-14H2,1H3,(H2,22,23,24,25). The zero-order valence-electron chi connectivity index (χ0n) is 15.0. The average molecular weight is 385 g/mol. The predicted molar refractivity (Wildman–Crippen MR) is 108 cm³/mol. The molecule has 0 spiro atoms. The Kier molecular flexibility index (Phi) is 6.84. The molecule has 140 valence electrons. The quantitative estimate of drug-likeness (QED) is 0.529. The molecule has 0 atom stereocenters. The Labute approximate surface area is 163 Å². The van der Waals surface area contributed by atoms with E-state index in [0.717, 1.165) is 27.8 Å². The van der Waals surface area contributed by atoms with Crippen molar-refractivity contribution in [2.24, 2.45) is 0 Å². The lowest BCUT2D eigenvalue weighted by atomic mass is 10.2. The molecule has 0 fully saturated rings. The first kappa shape index (κ1) is 18.9. The van der Waals surface area contributed by atoms with Crippen LogP contribution in [0, 0.1) is 0 Å². The Bertz CT molecular complexity index is 841. The second kappa shape index (κ2) is 9.75. The molecule has 7 heteroatoms. The molecular formula is C20H21ClN4O2. The van der Waals surface area contributed by atoms with Crippen LogP contribution in [0.4, 0.5) is 17.5 Å². The van der Waals surface area contributed by atoms with Crippen molar-refractivity contribution in [1.82, 2.24) is 9.97 Å². The van der Waals surface area contributed by atoms with Crippen molar-refractivity contribution in [3.05, 3.63) is 71.4 Å². The lowest BCUT2D eigenvalue weighted by molar-refractivity contribution is 0.210. The van der Waals surface area contributed by atoms with Crippen LogP contribution in [-0.2, 0) is 11.3 Å².